The molecule has 0 bridgehead atoms. The highest BCUT2D eigenvalue weighted by molar-refractivity contribution is 7.91. The summed E-state index contributed by atoms with van der Waals surface area (Å²) in [5.41, 5.74) is 1.16. The molecule has 0 radical (unpaired) electrons. The Labute approximate surface area is 126 Å². The predicted octanol–water partition coefficient (Wildman–Crippen LogP) is 2.31. The zero-order valence-electron chi connectivity index (χ0n) is 12.7. The Morgan fingerprint density at radius 2 is 1.90 bits per heavy atom. The van der Waals surface area contributed by atoms with E-state index in [4.69, 9.17) is 4.74 Å². The van der Waals surface area contributed by atoms with Crippen LogP contribution in [0.3, 0.4) is 0 Å². The summed E-state index contributed by atoms with van der Waals surface area (Å²) >= 11 is 0. The molecule has 0 heterocycles. The van der Waals surface area contributed by atoms with Gasteiger partial charge in [0.25, 0.3) is 0 Å². The van der Waals surface area contributed by atoms with Crippen LogP contribution in [0.25, 0.3) is 0 Å². The number of sulfone groups is 1. The normalized spacial score (nSPS) is 28.1. The molecule has 0 aromatic heterocycles. The van der Waals surface area contributed by atoms with Crippen LogP contribution in [-0.4, -0.2) is 33.1 Å². The lowest BCUT2D eigenvalue weighted by molar-refractivity contribution is 0.117. The monoisotopic (exact) mass is 307 g/mol. The Kier molecular flexibility index (Phi) is 4.40. The third-order valence-electron chi connectivity index (χ3n) is 4.22. The first-order valence-corrected chi connectivity index (χ1v) is 9.12. The summed E-state index contributed by atoms with van der Waals surface area (Å²) in [6.45, 7) is 4.55. The summed E-state index contributed by atoms with van der Waals surface area (Å²) in [5, 5.41) is 8.88. The highest BCUT2D eigenvalue weighted by atomic mass is 32.2. The second-order valence-corrected chi connectivity index (χ2v) is 7.78. The van der Waals surface area contributed by atoms with E-state index in [0.29, 0.717) is 6.61 Å². The molecule has 1 saturated carbocycles. The van der Waals surface area contributed by atoms with Crippen molar-refractivity contribution >= 4 is 9.84 Å². The van der Waals surface area contributed by atoms with E-state index in [0.717, 1.165) is 12.0 Å². The second-order valence-electron chi connectivity index (χ2n) is 5.61. The third kappa shape index (κ3) is 2.83. The molecule has 3 atom stereocenters. The summed E-state index contributed by atoms with van der Waals surface area (Å²) in [4.78, 5) is 0. The van der Waals surface area contributed by atoms with Crippen LogP contribution < -0.4 is 0 Å². The summed E-state index contributed by atoms with van der Waals surface area (Å²) < 4.78 is 29.4. The van der Waals surface area contributed by atoms with Gasteiger partial charge >= 0.3 is 0 Å². The minimum absolute atomic E-state index is 0.165. The fourth-order valence-corrected chi connectivity index (χ4v) is 4.92. The van der Waals surface area contributed by atoms with Gasteiger partial charge in [-0.25, -0.2) is 8.42 Å². The van der Waals surface area contributed by atoms with Crippen LogP contribution in [0.2, 0.25) is 0 Å². The van der Waals surface area contributed by atoms with Crippen molar-refractivity contribution in [3.05, 3.63) is 35.4 Å². The maximum atomic E-state index is 12.0. The van der Waals surface area contributed by atoms with Gasteiger partial charge in [0.2, 0.25) is 0 Å². The number of ether oxygens (including phenoxy) is 1. The Hall–Kier alpha value is -1.38. The van der Waals surface area contributed by atoms with Crippen molar-refractivity contribution in [2.75, 3.05) is 19.5 Å². The van der Waals surface area contributed by atoms with Crippen molar-refractivity contribution in [3.63, 3.8) is 0 Å². The van der Waals surface area contributed by atoms with Gasteiger partial charge in [-0.3, -0.25) is 0 Å². The molecule has 4 nitrogen and oxygen atoms in total. The maximum absolute atomic E-state index is 12.0. The van der Waals surface area contributed by atoms with Crippen LogP contribution >= 0.6 is 0 Å². The number of aryl methyl sites for hydroxylation is 1. The van der Waals surface area contributed by atoms with Gasteiger partial charge in [0.15, 0.2) is 9.84 Å². The van der Waals surface area contributed by atoms with E-state index < -0.39 is 20.5 Å². The van der Waals surface area contributed by atoms with E-state index >= 15 is 0 Å². The van der Waals surface area contributed by atoms with E-state index in [1.165, 1.54) is 11.8 Å². The average Bonchev–Trinajstić information content (AvgIpc) is 3.15. The van der Waals surface area contributed by atoms with Gasteiger partial charge in [-0.1, -0.05) is 31.2 Å². The Morgan fingerprint density at radius 1 is 1.29 bits per heavy atom. The SMILES string of the molecule is CCOC[C@@]1(C#N)[C@@H](c2ccc(CC)cc2)[C@@H]1S(C)(=O)=O. The third-order valence-corrected chi connectivity index (χ3v) is 5.83. The summed E-state index contributed by atoms with van der Waals surface area (Å²) in [5.74, 6) is -0.296. The molecule has 1 aromatic carbocycles. The van der Waals surface area contributed by atoms with Gasteiger partial charge in [0.1, 0.15) is 5.41 Å². The predicted molar refractivity (Wildman–Crippen MR) is 81.7 cm³/mol. The smallest absolute Gasteiger partial charge is 0.152 e. The fourth-order valence-electron chi connectivity index (χ4n) is 3.08. The van der Waals surface area contributed by atoms with E-state index in [1.807, 2.05) is 31.2 Å². The number of nitrogens with zero attached hydrogens (tertiary/aromatic N) is 1. The molecule has 1 fully saturated rings. The molecule has 0 amide bonds. The number of nitriles is 1. The number of benzene rings is 1. The molecular formula is C16H21NO3S. The largest absolute Gasteiger partial charge is 0.380 e. The number of rotatable bonds is 6. The van der Waals surface area contributed by atoms with Crippen molar-refractivity contribution < 1.29 is 13.2 Å². The highest BCUT2D eigenvalue weighted by Crippen LogP contribution is 2.62. The molecule has 1 aromatic rings. The first-order chi connectivity index (χ1) is 9.90. The average molecular weight is 307 g/mol. The van der Waals surface area contributed by atoms with Crippen LogP contribution in [-0.2, 0) is 21.0 Å². The lowest BCUT2D eigenvalue weighted by Gasteiger charge is -2.09. The molecule has 0 spiro atoms. The van der Waals surface area contributed by atoms with Gasteiger partial charge < -0.3 is 4.74 Å². The molecule has 1 aliphatic rings. The zero-order chi connectivity index (χ0) is 15.7. The first-order valence-electron chi connectivity index (χ1n) is 7.17. The van der Waals surface area contributed by atoms with Crippen LogP contribution in [0.1, 0.15) is 30.9 Å². The molecule has 2 rings (SSSR count). The van der Waals surface area contributed by atoms with E-state index in [9.17, 15) is 13.7 Å². The molecular weight excluding hydrogens is 286 g/mol. The summed E-state index contributed by atoms with van der Waals surface area (Å²) in [7, 11) is -3.30. The van der Waals surface area contributed by atoms with Crippen molar-refractivity contribution in [2.45, 2.75) is 31.4 Å². The molecule has 1 aliphatic carbocycles. The Morgan fingerprint density at radius 3 is 2.33 bits per heavy atom. The van der Waals surface area contributed by atoms with Crippen LogP contribution in [0, 0.1) is 16.7 Å². The lowest BCUT2D eigenvalue weighted by atomic mass is 10.00. The number of hydrogen-bond donors (Lipinski definition) is 0. The zero-order valence-corrected chi connectivity index (χ0v) is 13.5. The topological polar surface area (TPSA) is 67.2 Å². The molecule has 0 saturated heterocycles. The quantitative estimate of drug-likeness (QED) is 0.809. The van der Waals surface area contributed by atoms with Crippen molar-refractivity contribution in [2.24, 2.45) is 5.41 Å². The second kappa shape index (κ2) is 5.78. The summed E-state index contributed by atoms with van der Waals surface area (Å²) in [6.07, 6.45) is 2.14. The van der Waals surface area contributed by atoms with Crippen LogP contribution in [0.4, 0.5) is 0 Å². The highest BCUT2D eigenvalue weighted by Gasteiger charge is 2.71. The first kappa shape index (κ1) is 16.0. The Balaban J connectivity index is 2.37. The number of hydrogen-bond acceptors (Lipinski definition) is 4. The summed E-state index contributed by atoms with van der Waals surface area (Å²) in [6, 6.07) is 10.1. The van der Waals surface area contributed by atoms with Crippen molar-refractivity contribution in [3.8, 4) is 6.07 Å². The van der Waals surface area contributed by atoms with Gasteiger partial charge in [-0.15, -0.1) is 0 Å². The van der Waals surface area contributed by atoms with Crippen molar-refractivity contribution in [1.82, 2.24) is 0 Å². The molecule has 0 N–H and O–H groups in total. The Bertz CT molecular complexity index is 645. The van der Waals surface area contributed by atoms with Gasteiger partial charge in [-0.2, -0.15) is 5.26 Å². The van der Waals surface area contributed by atoms with E-state index in [-0.39, 0.29) is 12.5 Å². The maximum Gasteiger partial charge on any atom is 0.152 e. The van der Waals surface area contributed by atoms with E-state index in [1.54, 1.807) is 0 Å². The molecule has 0 aliphatic heterocycles. The van der Waals surface area contributed by atoms with Crippen LogP contribution in [0.5, 0.6) is 0 Å². The van der Waals surface area contributed by atoms with Gasteiger partial charge in [0.05, 0.1) is 17.9 Å². The standard InChI is InChI=1S/C16H21NO3S/c1-4-12-6-8-13(9-7-12)14-15(21(3,18)19)16(14,10-17)11-20-5-2/h6-9,14-15H,4-5,11H2,1-3H3/t14-,15-,16-/m0/s1. The molecule has 21 heavy (non-hydrogen) atoms. The van der Waals surface area contributed by atoms with E-state index in [2.05, 4.69) is 13.0 Å². The minimum Gasteiger partial charge on any atom is -0.380 e. The fraction of sp³-hybridized carbons (Fsp3) is 0.562. The lowest BCUT2D eigenvalue weighted by Crippen LogP contribution is -2.18. The molecule has 114 valence electrons. The van der Waals surface area contributed by atoms with Gasteiger partial charge in [-0.05, 0) is 24.5 Å². The van der Waals surface area contributed by atoms with Crippen LogP contribution in [0.15, 0.2) is 24.3 Å². The molecule has 5 heteroatoms. The van der Waals surface area contributed by atoms with Gasteiger partial charge in [0, 0.05) is 18.8 Å². The van der Waals surface area contributed by atoms with Crippen molar-refractivity contribution in [1.29, 1.82) is 5.26 Å². The minimum atomic E-state index is -3.30. The molecule has 0 unspecified atom stereocenters.